The highest BCUT2D eigenvalue weighted by atomic mass is 32.1. The van der Waals surface area contributed by atoms with Crippen LogP contribution in [0, 0.1) is 24.6 Å². The maximum atomic E-state index is 13.6. The Balaban J connectivity index is 1.38. The van der Waals surface area contributed by atoms with Crippen molar-refractivity contribution in [2.45, 2.75) is 38.6 Å². The second-order valence-electron chi connectivity index (χ2n) is 8.76. The monoisotopic (exact) mass is 491 g/mol. The van der Waals surface area contributed by atoms with E-state index in [0.29, 0.717) is 23.5 Å². The summed E-state index contributed by atoms with van der Waals surface area (Å²) in [5, 5.41) is 0.724. The number of hydrogen-bond acceptors (Lipinski definition) is 5. The van der Waals surface area contributed by atoms with Gasteiger partial charge in [-0.1, -0.05) is 19.1 Å². The molecule has 5 nitrogen and oxygen atoms in total. The van der Waals surface area contributed by atoms with Gasteiger partial charge in [-0.15, -0.1) is 11.3 Å². The number of benzene rings is 1. The molecule has 178 valence electrons. The van der Waals surface area contributed by atoms with Crippen molar-refractivity contribution in [3.05, 3.63) is 64.7 Å². The number of rotatable bonds is 4. The molecular formula is C24H21F4N3O2S. The molecule has 0 radical (unpaired) electrons. The first-order valence-electron chi connectivity index (χ1n) is 10.9. The smallest absolute Gasteiger partial charge is 0.417 e. The normalized spacial score (nSPS) is 24.0. The minimum atomic E-state index is -4.47. The Morgan fingerprint density at radius 2 is 1.91 bits per heavy atom. The van der Waals surface area contributed by atoms with Gasteiger partial charge in [-0.25, -0.2) is 14.4 Å². The first-order valence-corrected chi connectivity index (χ1v) is 11.7. The van der Waals surface area contributed by atoms with E-state index in [-0.39, 0.29) is 41.6 Å². The summed E-state index contributed by atoms with van der Waals surface area (Å²) in [4.78, 5) is 24.3. The molecule has 2 aromatic heterocycles. The summed E-state index contributed by atoms with van der Waals surface area (Å²) >= 11 is 1.37. The number of pyridine rings is 1. The molecule has 3 unspecified atom stereocenters. The Hall–Kier alpha value is -3.01. The number of likely N-dealkylation sites (tertiary alicyclic amines) is 1. The van der Waals surface area contributed by atoms with Gasteiger partial charge in [-0.05, 0) is 48.9 Å². The fourth-order valence-corrected chi connectivity index (χ4v) is 5.90. The third kappa shape index (κ3) is 4.04. The van der Waals surface area contributed by atoms with Crippen LogP contribution in [0.4, 0.5) is 17.6 Å². The van der Waals surface area contributed by atoms with Crippen molar-refractivity contribution in [3.63, 3.8) is 0 Å². The average Bonchev–Trinajstić information content (AvgIpc) is 3.43. The van der Waals surface area contributed by atoms with Crippen molar-refractivity contribution in [2.75, 3.05) is 6.54 Å². The number of thiazole rings is 1. The second-order valence-corrected chi connectivity index (χ2v) is 9.96. The third-order valence-corrected chi connectivity index (χ3v) is 7.65. The molecule has 2 aliphatic rings. The molecule has 4 atom stereocenters. The van der Waals surface area contributed by atoms with Gasteiger partial charge in [0.2, 0.25) is 5.88 Å². The molecule has 1 aromatic carbocycles. The van der Waals surface area contributed by atoms with Gasteiger partial charge in [0.25, 0.3) is 5.91 Å². The minimum Gasteiger partial charge on any atom is -0.472 e. The minimum absolute atomic E-state index is 0.0988. The van der Waals surface area contributed by atoms with Crippen LogP contribution in [0.25, 0.3) is 10.4 Å². The summed E-state index contributed by atoms with van der Waals surface area (Å²) in [6, 6.07) is 7.85. The van der Waals surface area contributed by atoms with E-state index in [0.717, 1.165) is 22.8 Å². The highest BCUT2D eigenvalue weighted by molar-refractivity contribution is 7.15. The number of carbonyl (C=O) groups is 1. The van der Waals surface area contributed by atoms with Gasteiger partial charge in [0.05, 0.1) is 21.5 Å². The van der Waals surface area contributed by atoms with Gasteiger partial charge in [-0.3, -0.25) is 4.79 Å². The standard InChI is InChI=1S/C24H21F4N3O2S/c1-12-15-9-18(33-19-8-5-16(10-29-19)24(26,27)28)21(12)31(11-15)23(32)20-22(34-13(2)30-20)14-3-6-17(25)7-4-14/h3-8,10,12,15,18,21H,9,11H2,1-2H3/t12-,15?,18?,21?/m0/s1. The summed E-state index contributed by atoms with van der Waals surface area (Å²) in [6.07, 6.45) is -3.40. The van der Waals surface area contributed by atoms with Gasteiger partial charge >= 0.3 is 6.18 Å². The lowest BCUT2D eigenvalue weighted by atomic mass is 10.0. The zero-order valence-electron chi connectivity index (χ0n) is 18.3. The van der Waals surface area contributed by atoms with Gasteiger partial charge in [-0.2, -0.15) is 13.2 Å². The summed E-state index contributed by atoms with van der Waals surface area (Å²) < 4.78 is 57.8. The predicted molar refractivity (Wildman–Crippen MR) is 118 cm³/mol. The quantitative estimate of drug-likeness (QED) is 0.446. The summed E-state index contributed by atoms with van der Waals surface area (Å²) in [5.41, 5.74) is 0.194. The molecule has 10 heteroatoms. The lowest BCUT2D eigenvalue weighted by Crippen LogP contribution is -2.48. The molecule has 1 amide bonds. The number of carbonyl (C=O) groups excluding carboxylic acids is 1. The van der Waals surface area contributed by atoms with Crippen LogP contribution in [0.3, 0.4) is 0 Å². The van der Waals surface area contributed by atoms with Crippen LogP contribution in [0.15, 0.2) is 42.6 Å². The molecule has 5 rings (SSSR count). The van der Waals surface area contributed by atoms with Crippen LogP contribution in [-0.2, 0) is 6.18 Å². The van der Waals surface area contributed by atoms with E-state index in [4.69, 9.17) is 4.74 Å². The molecule has 2 bridgehead atoms. The van der Waals surface area contributed by atoms with Crippen molar-refractivity contribution in [3.8, 4) is 16.3 Å². The topological polar surface area (TPSA) is 55.3 Å². The largest absolute Gasteiger partial charge is 0.472 e. The summed E-state index contributed by atoms with van der Waals surface area (Å²) in [5.74, 6) is -0.112. The summed E-state index contributed by atoms with van der Waals surface area (Å²) in [6.45, 7) is 4.43. The van der Waals surface area contributed by atoms with Gasteiger partial charge < -0.3 is 9.64 Å². The number of fused-ring (bicyclic) bond motifs is 2. The Morgan fingerprint density at radius 3 is 2.53 bits per heavy atom. The number of alkyl halides is 3. The maximum absolute atomic E-state index is 13.6. The Bertz CT molecular complexity index is 1210. The van der Waals surface area contributed by atoms with E-state index >= 15 is 0 Å². The zero-order chi connectivity index (χ0) is 24.2. The van der Waals surface area contributed by atoms with Crippen molar-refractivity contribution in [1.82, 2.24) is 14.9 Å². The molecule has 1 aliphatic heterocycles. The predicted octanol–water partition coefficient (Wildman–Crippen LogP) is 5.60. The molecule has 0 N–H and O–H groups in total. The van der Waals surface area contributed by atoms with Crippen LogP contribution in [0.5, 0.6) is 5.88 Å². The second kappa shape index (κ2) is 8.33. The molecule has 34 heavy (non-hydrogen) atoms. The van der Waals surface area contributed by atoms with Crippen LogP contribution in [-0.4, -0.2) is 39.5 Å². The van der Waals surface area contributed by atoms with E-state index in [1.54, 1.807) is 17.0 Å². The Morgan fingerprint density at radius 1 is 1.18 bits per heavy atom. The van der Waals surface area contributed by atoms with Crippen LogP contribution < -0.4 is 4.74 Å². The average molecular weight is 492 g/mol. The number of amides is 1. The van der Waals surface area contributed by atoms with Gasteiger partial charge in [0.15, 0.2) is 0 Å². The molecule has 0 spiro atoms. The lowest BCUT2D eigenvalue weighted by Gasteiger charge is -2.33. The first-order chi connectivity index (χ1) is 16.1. The van der Waals surface area contributed by atoms with Crippen molar-refractivity contribution in [1.29, 1.82) is 0 Å². The van der Waals surface area contributed by atoms with Crippen molar-refractivity contribution < 1.29 is 27.1 Å². The summed E-state index contributed by atoms with van der Waals surface area (Å²) in [7, 11) is 0. The molecule has 1 saturated carbocycles. The van der Waals surface area contributed by atoms with Crippen LogP contribution >= 0.6 is 11.3 Å². The number of aryl methyl sites for hydroxylation is 1. The van der Waals surface area contributed by atoms with E-state index in [9.17, 15) is 22.4 Å². The van der Waals surface area contributed by atoms with E-state index in [2.05, 4.69) is 16.9 Å². The van der Waals surface area contributed by atoms with Crippen LogP contribution in [0.2, 0.25) is 0 Å². The van der Waals surface area contributed by atoms with Crippen molar-refractivity contribution >= 4 is 17.2 Å². The number of ether oxygens (including phenoxy) is 1. The maximum Gasteiger partial charge on any atom is 0.417 e. The number of nitrogens with zero attached hydrogens (tertiary/aromatic N) is 3. The zero-order valence-corrected chi connectivity index (χ0v) is 19.2. The number of piperidine rings is 1. The number of halogens is 4. The Labute approximate surface area is 197 Å². The van der Waals surface area contributed by atoms with Crippen LogP contribution in [0.1, 0.15) is 34.4 Å². The molecule has 3 heterocycles. The van der Waals surface area contributed by atoms with Crippen molar-refractivity contribution in [2.24, 2.45) is 11.8 Å². The van der Waals surface area contributed by atoms with E-state index in [1.807, 2.05) is 6.92 Å². The molecular weight excluding hydrogens is 470 g/mol. The third-order valence-electron chi connectivity index (χ3n) is 6.63. The fourth-order valence-electron chi connectivity index (χ4n) is 4.98. The van der Waals surface area contributed by atoms with E-state index in [1.165, 1.54) is 29.5 Å². The van der Waals surface area contributed by atoms with E-state index < -0.39 is 11.7 Å². The number of hydrogen-bond donors (Lipinski definition) is 0. The Kier molecular flexibility index (Phi) is 5.58. The lowest BCUT2D eigenvalue weighted by molar-refractivity contribution is -0.137. The number of aromatic nitrogens is 2. The molecule has 1 saturated heterocycles. The molecule has 1 aliphatic carbocycles. The fraction of sp³-hybridized carbons (Fsp3) is 0.375. The van der Waals surface area contributed by atoms with Gasteiger partial charge in [0, 0.05) is 18.8 Å². The molecule has 3 aromatic rings. The molecule has 2 fully saturated rings. The van der Waals surface area contributed by atoms with Gasteiger partial charge in [0.1, 0.15) is 17.6 Å². The highest BCUT2D eigenvalue weighted by Crippen LogP contribution is 2.45. The first kappa shape index (κ1) is 22.8. The SMILES string of the molecule is Cc1nc(C(=O)N2CC3CC(Oc4ccc(C(F)(F)F)cn4)C2[C@H]3C)c(-c2ccc(F)cc2)s1. The highest BCUT2D eigenvalue weighted by Gasteiger charge is 2.54.